The van der Waals surface area contributed by atoms with Crippen LogP contribution in [0.25, 0.3) is 21.2 Å². The summed E-state index contributed by atoms with van der Waals surface area (Å²) in [6, 6.07) is 10.6. The number of benzene rings is 2. The summed E-state index contributed by atoms with van der Waals surface area (Å²) in [6.45, 7) is 7.90. The van der Waals surface area contributed by atoms with Crippen LogP contribution in [0.3, 0.4) is 0 Å². The number of amides is 3. The minimum atomic E-state index is -4.51. The predicted molar refractivity (Wildman–Crippen MR) is 164 cm³/mol. The van der Waals surface area contributed by atoms with Crippen molar-refractivity contribution in [3.8, 4) is 23.0 Å². The first kappa shape index (κ1) is 31.2. The van der Waals surface area contributed by atoms with E-state index in [0.717, 1.165) is 33.3 Å². The Morgan fingerprint density at radius 2 is 1.77 bits per heavy atom. The number of alkyl halides is 3. The van der Waals surface area contributed by atoms with E-state index in [9.17, 15) is 22.8 Å². The van der Waals surface area contributed by atoms with E-state index in [1.165, 1.54) is 28.4 Å². The molecule has 0 saturated carbocycles. The van der Waals surface area contributed by atoms with Crippen LogP contribution < -0.4 is 16.4 Å². The van der Waals surface area contributed by atoms with Crippen molar-refractivity contribution >= 4 is 50.7 Å². The fraction of sp³-hybridized carbons (Fsp3) is 0.258. The van der Waals surface area contributed by atoms with Crippen molar-refractivity contribution in [3.05, 3.63) is 71.2 Å². The first-order chi connectivity index (χ1) is 20.2. The van der Waals surface area contributed by atoms with E-state index in [4.69, 9.17) is 10.5 Å². The number of anilines is 3. The van der Waals surface area contributed by atoms with Crippen molar-refractivity contribution in [2.24, 2.45) is 0 Å². The molecule has 0 spiro atoms. The fourth-order valence-corrected chi connectivity index (χ4v) is 5.08. The van der Waals surface area contributed by atoms with E-state index in [2.05, 4.69) is 27.5 Å². The molecule has 4 aromatic rings. The molecule has 2 aromatic carbocycles. The van der Waals surface area contributed by atoms with E-state index in [0.29, 0.717) is 23.6 Å². The Morgan fingerprint density at radius 3 is 2.42 bits per heavy atom. The lowest BCUT2D eigenvalue weighted by Crippen LogP contribution is -2.36. The van der Waals surface area contributed by atoms with Gasteiger partial charge in [-0.2, -0.15) is 13.2 Å². The average Bonchev–Trinajstić information content (AvgIpc) is 3.38. The number of hydrogen-bond donors (Lipinski definition) is 3. The molecule has 0 aliphatic carbocycles. The standard InChI is InChI=1S/C31H30F3N5O3S/c1-5-39(29(41)42-30(2,3)4)15-7-8-20-17-36-27(35)25-24(18-43-26(20)25)19-11-13-22(14-12-19)37-28(40)38-23-10-6-9-21(16-23)31(32,33)34/h6,9-14,16-18H,5,15H2,1-4H3,(H2,35,36)(H2,37,38,40). The van der Waals surface area contributed by atoms with Crippen LogP contribution in [0, 0.1) is 11.8 Å². The number of carbonyl (C=O) groups excluding carboxylic acids is 2. The molecule has 8 nitrogen and oxygen atoms in total. The minimum Gasteiger partial charge on any atom is -0.444 e. The summed E-state index contributed by atoms with van der Waals surface area (Å²) in [4.78, 5) is 30.6. The number of pyridine rings is 1. The van der Waals surface area contributed by atoms with E-state index < -0.39 is 29.5 Å². The highest BCUT2D eigenvalue weighted by Crippen LogP contribution is 2.38. The Hall–Kier alpha value is -4.76. The van der Waals surface area contributed by atoms with Crippen LogP contribution in [-0.4, -0.2) is 40.7 Å². The molecular weight excluding hydrogens is 579 g/mol. The van der Waals surface area contributed by atoms with Gasteiger partial charge in [0.2, 0.25) is 0 Å². The fourth-order valence-electron chi connectivity index (χ4n) is 4.03. The quantitative estimate of drug-likeness (QED) is 0.200. The summed E-state index contributed by atoms with van der Waals surface area (Å²) in [5, 5.41) is 7.70. The second-order valence-corrected chi connectivity index (χ2v) is 11.3. The third-order valence-electron chi connectivity index (χ3n) is 6.05. The Kier molecular flexibility index (Phi) is 9.16. The Morgan fingerprint density at radius 1 is 1.07 bits per heavy atom. The molecular formula is C31H30F3N5O3S. The molecule has 2 aromatic heterocycles. The highest BCUT2D eigenvalue weighted by molar-refractivity contribution is 7.18. The first-order valence-electron chi connectivity index (χ1n) is 13.2. The van der Waals surface area contributed by atoms with Crippen LogP contribution in [0.2, 0.25) is 0 Å². The summed E-state index contributed by atoms with van der Waals surface area (Å²) < 4.78 is 45.1. The second kappa shape index (κ2) is 12.6. The van der Waals surface area contributed by atoms with Gasteiger partial charge in [-0.25, -0.2) is 14.6 Å². The van der Waals surface area contributed by atoms with Gasteiger partial charge in [-0.1, -0.05) is 30.0 Å². The van der Waals surface area contributed by atoms with E-state index in [-0.39, 0.29) is 12.2 Å². The number of nitrogen functional groups attached to an aromatic ring is 1. The number of halogens is 3. The van der Waals surface area contributed by atoms with Crippen LogP contribution >= 0.6 is 11.3 Å². The number of carbonyl (C=O) groups is 2. The number of thiophene rings is 1. The number of fused-ring (bicyclic) bond motifs is 1. The molecule has 224 valence electrons. The zero-order valence-electron chi connectivity index (χ0n) is 23.9. The van der Waals surface area contributed by atoms with Gasteiger partial charge in [-0.3, -0.25) is 4.90 Å². The van der Waals surface area contributed by atoms with Gasteiger partial charge in [-0.05, 0) is 69.0 Å². The highest BCUT2D eigenvalue weighted by Gasteiger charge is 2.30. The summed E-state index contributed by atoms with van der Waals surface area (Å²) >= 11 is 1.46. The maximum absolute atomic E-state index is 13.0. The molecule has 0 aliphatic rings. The molecule has 43 heavy (non-hydrogen) atoms. The number of nitrogens with two attached hydrogens (primary N) is 1. The number of urea groups is 1. The molecule has 0 unspecified atom stereocenters. The van der Waals surface area contributed by atoms with E-state index in [1.54, 1.807) is 51.2 Å². The molecule has 2 heterocycles. The van der Waals surface area contributed by atoms with Crippen molar-refractivity contribution in [1.29, 1.82) is 0 Å². The zero-order valence-corrected chi connectivity index (χ0v) is 24.7. The Balaban J connectivity index is 1.48. The third-order valence-corrected chi connectivity index (χ3v) is 7.07. The highest BCUT2D eigenvalue weighted by atomic mass is 32.1. The van der Waals surface area contributed by atoms with Crippen LogP contribution in [-0.2, 0) is 10.9 Å². The van der Waals surface area contributed by atoms with Crippen molar-refractivity contribution in [3.63, 3.8) is 0 Å². The van der Waals surface area contributed by atoms with Crippen LogP contribution in [0.4, 0.5) is 40.0 Å². The van der Waals surface area contributed by atoms with Crippen molar-refractivity contribution < 1.29 is 27.5 Å². The topological polar surface area (TPSA) is 110 Å². The molecule has 0 radical (unpaired) electrons. The van der Waals surface area contributed by atoms with Gasteiger partial charge in [0.1, 0.15) is 11.4 Å². The monoisotopic (exact) mass is 609 g/mol. The second-order valence-electron chi connectivity index (χ2n) is 10.4. The molecule has 0 saturated heterocycles. The van der Waals surface area contributed by atoms with Gasteiger partial charge in [0, 0.05) is 35.1 Å². The smallest absolute Gasteiger partial charge is 0.416 e. The Labute approximate surface area is 251 Å². The summed E-state index contributed by atoms with van der Waals surface area (Å²) in [7, 11) is 0. The molecule has 0 fully saturated rings. The Bertz CT molecular complexity index is 1700. The number of ether oxygens (including phenoxy) is 1. The maximum Gasteiger partial charge on any atom is 0.416 e. The van der Waals surface area contributed by atoms with Gasteiger partial charge in [-0.15, -0.1) is 11.3 Å². The molecule has 0 atom stereocenters. The first-order valence-corrected chi connectivity index (χ1v) is 14.1. The lowest BCUT2D eigenvalue weighted by Gasteiger charge is -2.25. The third kappa shape index (κ3) is 7.96. The summed E-state index contributed by atoms with van der Waals surface area (Å²) in [5.41, 5.74) is 7.57. The van der Waals surface area contributed by atoms with Gasteiger partial charge in [0.15, 0.2) is 0 Å². The van der Waals surface area contributed by atoms with Gasteiger partial charge in [0.25, 0.3) is 0 Å². The molecule has 0 bridgehead atoms. The number of nitrogens with zero attached hydrogens (tertiary/aromatic N) is 2. The molecule has 4 N–H and O–H groups in total. The average molecular weight is 610 g/mol. The zero-order chi connectivity index (χ0) is 31.4. The van der Waals surface area contributed by atoms with Gasteiger partial charge in [0.05, 0.1) is 22.4 Å². The molecule has 0 aliphatic heterocycles. The lowest BCUT2D eigenvalue weighted by molar-refractivity contribution is -0.137. The van der Waals surface area contributed by atoms with Crippen molar-refractivity contribution in [1.82, 2.24) is 9.88 Å². The van der Waals surface area contributed by atoms with E-state index >= 15 is 0 Å². The number of hydrogen-bond acceptors (Lipinski definition) is 6. The summed E-state index contributed by atoms with van der Waals surface area (Å²) in [5.74, 6) is 6.47. The van der Waals surface area contributed by atoms with Gasteiger partial charge >= 0.3 is 18.3 Å². The lowest BCUT2D eigenvalue weighted by atomic mass is 10.0. The van der Waals surface area contributed by atoms with E-state index in [1.807, 2.05) is 12.3 Å². The number of rotatable bonds is 5. The number of aromatic nitrogens is 1. The van der Waals surface area contributed by atoms with Crippen molar-refractivity contribution in [2.45, 2.75) is 39.5 Å². The van der Waals surface area contributed by atoms with Crippen LogP contribution in [0.15, 0.2) is 60.1 Å². The molecule has 3 amide bonds. The molecule has 12 heteroatoms. The predicted octanol–water partition coefficient (Wildman–Crippen LogP) is 7.82. The maximum atomic E-state index is 13.0. The number of nitrogens with one attached hydrogen (secondary N) is 2. The van der Waals surface area contributed by atoms with Crippen molar-refractivity contribution in [2.75, 3.05) is 29.5 Å². The minimum absolute atomic E-state index is 0.0165. The van der Waals surface area contributed by atoms with Crippen LogP contribution in [0.5, 0.6) is 0 Å². The van der Waals surface area contributed by atoms with Crippen LogP contribution in [0.1, 0.15) is 38.8 Å². The summed E-state index contributed by atoms with van der Waals surface area (Å²) in [6.07, 6.45) is -3.35. The van der Waals surface area contributed by atoms with Gasteiger partial charge < -0.3 is 21.1 Å². The molecule has 4 rings (SSSR count). The normalized spacial score (nSPS) is 11.4. The largest absolute Gasteiger partial charge is 0.444 e. The SMILES string of the molecule is CCN(CC#Cc1cnc(N)c2c(-c3ccc(NC(=O)Nc4cccc(C(F)(F)F)c4)cc3)csc12)C(=O)OC(C)(C)C.